The molecule has 2 N–H and O–H groups in total. The van der Waals surface area contributed by atoms with Gasteiger partial charge in [0, 0.05) is 26.8 Å². The van der Waals surface area contributed by atoms with E-state index in [1.807, 2.05) is 17.9 Å². The maximum absolute atomic E-state index is 11.8. The van der Waals surface area contributed by atoms with E-state index >= 15 is 0 Å². The minimum absolute atomic E-state index is 0.0148. The third kappa shape index (κ3) is 3.85. The SMILES string of the molecule is CCCN(CC(=O)N(C)C)c1ncc(C#N)cc1N. The van der Waals surface area contributed by atoms with E-state index in [0.29, 0.717) is 23.6 Å². The van der Waals surface area contributed by atoms with Gasteiger partial charge in [-0.2, -0.15) is 5.26 Å². The number of anilines is 2. The van der Waals surface area contributed by atoms with Crippen LogP contribution in [0.2, 0.25) is 0 Å². The highest BCUT2D eigenvalue weighted by atomic mass is 16.2. The fraction of sp³-hybridized carbons (Fsp3) is 0.462. The molecule has 6 heteroatoms. The van der Waals surface area contributed by atoms with Crippen molar-refractivity contribution in [3.8, 4) is 6.07 Å². The van der Waals surface area contributed by atoms with Gasteiger partial charge in [-0.25, -0.2) is 4.98 Å². The molecule has 0 atom stereocenters. The van der Waals surface area contributed by atoms with E-state index in [1.165, 1.54) is 11.1 Å². The average Bonchev–Trinajstić information content (AvgIpc) is 2.37. The van der Waals surface area contributed by atoms with Gasteiger partial charge in [-0.1, -0.05) is 6.92 Å². The normalized spacial score (nSPS) is 9.79. The van der Waals surface area contributed by atoms with E-state index in [2.05, 4.69) is 4.98 Å². The summed E-state index contributed by atoms with van der Waals surface area (Å²) in [6.45, 7) is 2.93. The van der Waals surface area contributed by atoms with Gasteiger partial charge in [0.2, 0.25) is 5.91 Å². The molecule has 6 nitrogen and oxygen atoms in total. The number of nitrogen functional groups attached to an aromatic ring is 1. The lowest BCUT2D eigenvalue weighted by Gasteiger charge is -2.25. The monoisotopic (exact) mass is 261 g/mol. The number of amides is 1. The smallest absolute Gasteiger partial charge is 0.241 e. The quantitative estimate of drug-likeness (QED) is 0.848. The molecule has 0 spiro atoms. The van der Waals surface area contributed by atoms with Crippen LogP contribution in [0.5, 0.6) is 0 Å². The number of hydrogen-bond acceptors (Lipinski definition) is 5. The van der Waals surface area contributed by atoms with Crippen molar-refractivity contribution in [3.63, 3.8) is 0 Å². The Kier molecular flexibility index (Phi) is 5.12. The number of nitrogens with zero attached hydrogens (tertiary/aromatic N) is 4. The molecule has 0 aromatic carbocycles. The van der Waals surface area contributed by atoms with Crippen molar-refractivity contribution in [2.75, 3.05) is 37.8 Å². The lowest BCUT2D eigenvalue weighted by Crippen LogP contribution is -2.37. The predicted molar refractivity (Wildman–Crippen MR) is 74.6 cm³/mol. The molecule has 1 aromatic heterocycles. The number of nitriles is 1. The Morgan fingerprint density at radius 1 is 1.53 bits per heavy atom. The van der Waals surface area contributed by atoms with Gasteiger partial charge in [-0.05, 0) is 12.5 Å². The van der Waals surface area contributed by atoms with Gasteiger partial charge in [-0.3, -0.25) is 4.79 Å². The van der Waals surface area contributed by atoms with Gasteiger partial charge in [0.1, 0.15) is 6.07 Å². The van der Waals surface area contributed by atoms with Gasteiger partial charge >= 0.3 is 0 Å². The van der Waals surface area contributed by atoms with Crippen LogP contribution in [0, 0.1) is 11.3 Å². The second-order valence-electron chi connectivity index (χ2n) is 4.46. The Labute approximate surface area is 113 Å². The van der Waals surface area contributed by atoms with Crippen LogP contribution in [-0.4, -0.2) is 43.0 Å². The summed E-state index contributed by atoms with van der Waals surface area (Å²) < 4.78 is 0. The Morgan fingerprint density at radius 3 is 2.68 bits per heavy atom. The van der Waals surface area contributed by atoms with Gasteiger partial charge in [-0.15, -0.1) is 0 Å². The summed E-state index contributed by atoms with van der Waals surface area (Å²) in [6.07, 6.45) is 2.34. The van der Waals surface area contributed by atoms with Crippen molar-refractivity contribution in [1.82, 2.24) is 9.88 Å². The largest absolute Gasteiger partial charge is 0.396 e. The maximum Gasteiger partial charge on any atom is 0.241 e. The lowest BCUT2D eigenvalue weighted by atomic mass is 10.2. The molecule has 0 radical (unpaired) electrons. The average molecular weight is 261 g/mol. The van der Waals surface area contributed by atoms with Crippen molar-refractivity contribution in [1.29, 1.82) is 5.26 Å². The van der Waals surface area contributed by atoms with Gasteiger partial charge in [0.15, 0.2) is 5.82 Å². The molecule has 1 rings (SSSR count). The molecule has 0 saturated heterocycles. The van der Waals surface area contributed by atoms with E-state index in [4.69, 9.17) is 11.0 Å². The van der Waals surface area contributed by atoms with Crippen LogP contribution in [-0.2, 0) is 4.79 Å². The van der Waals surface area contributed by atoms with E-state index in [0.717, 1.165) is 6.42 Å². The third-order valence-electron chi connectivity index (χ3n) is 2.64. The maximum atomic E-state index is 11.8. The minimum Gasteiger partial charge on any atom is -0.396 e. The molecule has 0 saturated carbocycles. The first-order valence-corrected chi connectivity index (χ1v) is 6.10. The molecule has 1 heterocycles. The van der Waals surface area contributed by atoms with Crippen molar-refractivity contribution in [2.24, 2.45) is 0 Å². The molecule has 0 aliphatic carbocycles. The van der Waals surface area contributed by atoms with E-state index in [9.17, 15) is 4.79 Å². The molecule has 0 fully saturated rings. The molecule has 0 unspecified atom stereocenters. The molecule has 1 aromatic rings. The van der Waals surface area contributed by atoms with E-state index in [1.54, 1.807) is 20.2 Å². The Bertz CT molecular complexity index is 492. The van der Waals surface area contributed by atoms with E-state index < -0.39 is 0 Å². The first-order valence-electron chi connectivity index (χ1n) is 6.10. The van der Waals surface area contributed by atoms with Crippen LogP contribution in [0.4, 0.5) is 11.5 Å². The van der Waals surface area contributed by atoms with Crippen LogP contribution in [0.25, 0.3) is 0 Å². The highest BCUT2D eigenvalue weighted by molar-refractivity contribution is 5.82. The van der Waals surface area contributed by atoms with Crippen LogP contribution in [0.1, 0.15) is 18.9 Å². The number of likely N-dealkylation sites (N-methyl/N-ethyl adjacent to an activating group) is 1. The Morgan fingerprint density at radius 2 is 2.21 bits per heavy atom. The fourth-order valence-corrected chi connectivity index (χ4v) is 1.63. The second-order valence-corrected chi connectivity index (χ2v) is 4.46. The minimum atomic E-state index is -0.0148. The van der Waals surface area contributed by atoms with Crippen LogP contribution in [0.15, 0.2) is 12.3 Å². The van der Waals surface area contributed by atoms with Crippen molar-refractivity contribution in [3.05, 3.63) is 17.8 Å². The van der Waals surface area contributed by atoms with Crippen LogP contribution < -0.4 is 10.6 Å². The van der Waals surface area contributed by atoms with Crippen LogP contribution >= 0.6 is 0 Å². The zero-order chi connectivity index (χ0) is 14.4. The third-order valence-corrected chi connectivity index (χ3v) is 2.64. The predicted octanol–water partition coefficient (Wildman–Crippen LogP) is 0.840. The second kappa shape index (κ2) is 6.59. The summed E-state index contributed by atoms with van der Waals surface area (Å²) in [4.78, 5) is 19.3. The highest BCUT2D eigenvalue weighted by Crippen LogP contribution is 2.21. The van der Waals surface area contributed by atoms with Crippen molar-refractivity contribution < 1.29 is 4.79 Å². The zero-order valence-electron chi connectivity index (χ0n) is 11.6. The number of nitrogens with two attached hydrogens (primary N) is 1. The molecule has 0 aliphatic rings. The van der Waals surface area contributed by atoms with Crippen molar-refractivity contribution in [2.45, 2.75) is 13.3 Å². The topological polar surface area (TPSA) is 86.2 Å². The summed E-state index contributed by atoms with van der Waals surface area (Å²) in [5, 5.41) is 8.79. The fourth-order valence-electron chi connectivity index (χ4n) is 1.63. The molecule has 19 heavy (non-hydrogen) atoms. The Balaban J connectivity index is 2.99. The summed E-state index contributed by atoms with van der Waals surface area (Å²) in [6, 6.07) is 3.56. The van der Waals surface area contributed by atoms with Crippen molar-refractivity contribution >= 4 is 17.4 Å². The summed E-state index contributed by atoms with van der Waals surface area (Å²) >= 11 is 0. The number of rotatable bonds is 5. The molecule has 1 amide bonds. The zero-order valence-corrected chi connectivity index (χ0v) is 11.6. The Hall–Kier alpha value is -2.29. The van der Waals surface area contributed by atoms with Gasteiger partial charge in [0.05, 0.1) is 17.8 Å². The number of aromatic nitrogens is 1. The molecular weight excluding hydrogens is 242 g/mol. The van der Waals surface area contributed by atoms with E-state index in [-0.39, 0.29) is 12.5 Å². The lowest BCUT2D eigenvalue weighted by molar-refractivity contribution is -0.127. The van der Waals surface area contributed by atoms with Crippen LogP contribution in [0.3, 0.4) is 0 Å². The van der Waals surface area contributed by atoms with Gasteiger partial charge < -0.3 is 15.5 Å². The number of hydrogen-bond donors (Lipinski definition) is 1. The number of carbonyl (C=O) groups is 1. The molecule has 0 bridgehead atoms. The number of carbonyl (C=O) groups excluding carboxylic acids is 1. The molecule has 102 valence electrons. The molecule has 0 aliphatic heterocycles. The summed E-state index contributed by atoms with van der Waals surface area (Å²) in [5.74, 6) is 0.537. The standard InChI is InChI=1S/C13H19N5O/c1-4-5-18(9-12(19)17(2)3)13-11(15)6-10(7-14)8-16-13/h6,8H,4-5,9,15H2,1-3H3. The summed E-state index contributed by atoms with van der Waals surface area (Å²) in [7, 11) is 3.42. The van der Waals surface area contributed by atoms with Gasteiger partial charge in [0.25, 0.3) is 0 Å². The first-order chi connectivity index (χ1) is 8.99. The summed E-state index contributed by atoms with van der Waals surface area (Å²) in [5.41, 5.74) is 6.73. The number of pyridine rings is 1. The highest BCUT2D eigenvalue weighted by Gasteiger charge is 2.16. The first kappa shape index (κ1) is 14.8. The molecular formula is C13H19N5O.